The second-order valence-electron chi connectivity index (χ2n) is 25.2. The van der Waals surface area contributed by atoms with Crippen molar-refractivity contribution in [1.29, 1.82) is 0 Å². The molecule has 90 heavy (non-hydrogen) atoms. The molecule has 2 bridgehead atoms. The van der Waals surface area contributed by atoms with Gasteiger partial charge in [-0.05, 0) is 97.7 Å². The van der Waals surface area contributed by atoms with E-state index >= 15 is 4.39 Å². The van der Waals surface area contributed by atoms with Crippen molar-refractivity contribution in [2.45, 2.75) is 140 Å². The van der Waals surface area contributed by atoms with E-state index in [9.17, 15) is 34.5 Å². The van der Waals surface area contributed by atoms with Crippen LogP contribution in [0, 0.1) is 18.7 Å². The summed E-state index contributed by atoms with van der Waals surface area (Å²) in [4.78, 5) is 70.3. The highest BCUT2D eigenvalue weighted by Gasteiger charge is 2.48. The van der Waals surface area contributed by atoms with Crippen molar-refractivity contribution in [3.05, 3.63) is 101 Å². The summed E-state index contributed by atoms with van der Waals surface area (Å²) in [6, 6.07) is 15.2. The molecule has 24 nitrogen and oxygen atoms in total. The predicted octanol–water partition coefficient (Wildman–Crippen LogP) is 7.97. The lowest BCUT2D eigenvalue weighted by molar-refractivity contribution is -0.142. The molecule has 7 aromatic rings. The van der Waals surface area contributed by atoms with Gasteiger partial charge in [0.1, 0.15) is 54.2 Å². The fourth-order valence-corrected chi connectivity index (χ4v) is 14.1. The van der Waals surface area contributed by atoms with Crippen molar-refractivity contribution in [3.63, 3.8) is 0 Å². The molecule has 3 aromatic heterocycles. The third-order valence-corrected chi connectivity index (χ3v) is 19.0. The molecule has 472 valence electrons. The Bertz CT molecular complexity index is 3890. The number of likely N-dealkylation sites (tertiary alicyclic amines) is 2. The molecule has 0 spiro atoms. The average Bonchev–Trinajstić information content (AvgIpc) is 1.34. The van der Waals surface area contributed by atoms with Crippen molar-refractivity contribution < 1.29 is 62.6 Å². The standard InChI is InChI=1S/C65H73FN12O12/c1-35(2)58(62(82)76-31-44(80)25-53(76)61(81)68-51(33-79)40-13-15-41(16-14-40)73-19-23-88-65(73)85)77-32-50(71-72-77)39-9-7-37(8-10-39)34-89-59-56(55-36(3)49(66)27-52-48(55)28-67-78(52)54-6-4-5-20-87-54)46(38-11-12-38)26-47-57(59)69-63(90-45-17-21-86-22-18-45)70-60(47)74-29-43-24-42(74)30-75(43)64(83)84/h7-10,13-16,26-28,32,35,38,42-45,51,53-54,58,79-80H,4-6,11-12,17-25,29-31,33-34H2,1-3H3,(H,68,81)(H,83,84)/t42-,43-,44+,51-,53-,54?,58-/m0/s1. The number of carbonyl (C=O) groups excluding carboxylic acids is 3. The Morgan fingerprint density at radius 3 is 2.37 bits per heavy atom. The summed E-state index contributed by atoms with van der Waals surface area (Å²) in [5, 5.41) is 49.7. The van der Waals surface area contributed by atoms with Crippen LogP contribution in [-0.4, -0.2) is 173 Å². The third kappa shape index (κ3) is 11.2. The summed E-state index contributed by atoms with van der Waals surface area (Å²) >= 11 is 0. The van der Waals surface area contributed by atoms with Gasteiger partial charge in [0.05, 0.1) is 68.5 Å². The molecular formula is C65H73FN12O12. The van der Waals surface area contributed by atoms with E-state index in [-0.39, 0.29) is 68.4 Å². The van der Waals surface area contributed by atoms with Gasteiger partial charge in [0.15, 0.2) is 12.0 Å². The number of benzene rings is 4. The summed E-state index contributed by atoms with van der Waals surface area (Å²) in [6.07, 6.45) is 6.93. The Labute approximate surface area is 517 Å². The maximum atomic E-state index is 16.9. The zero-order chi connectivity index (χ0) is 62.1. The van der Waals surface area contributed by atoms with Crippen molar-refractivity contribution in [2.24, 2.45) is 5.92 Å². The number of cyclic esters (lactones) is 1. The Morgan fingerprint density at radius 1 is 0.878 bits per heavy atom. The molecule has 4 amide bonds. The number of aliphatic hydroxyl groups excluding tert-OH is 2. The molecule has 14 rings (SSSR count). The Hall–Kier alpha value is -8.52. The van der Waals surface area contributed by atoms with Gasteiger partial charge in [-0.25, -0.2) is 23.3 Å². The highest BCUT2D eigenvalue weighted by Crippen LogP contribution is 2.54. The van der Waals surface area contributed by atoms with Crippen LogP contribution in [0.15, 0.2) is 73.1 Å². The van der Waals surface area contributed by atoms with Gasteiger partial charge in [0, 0.05) is 84.7 Å². The largest absolute Gasteiger partial charge is 0.486 e. The van der Waals surface area contributed by atoms with Gasteiger partial charge in [-0.2, -0.15) is 15.1 Å². The lowest BCUT2D eigenvalue weighted by Crippen LogP contribution is -2.50. The van der Waals surface area contributed by atoms with Crippen LogP contribution in [0.2, 0.25) is 0 Å². The van der Waals surface area contributed by atoms with Crippen LogP contribution in [-0.2, 0) is 30.4 Å². The van der Waals surface area contributed by atoms with Gasteiger partial charge < -0.3 is 59.0 Å². The summed E-state index contributed by atoms with van der Waals surface area (Å²) in [6.45, 7) is 8.16. The topological polar surface area (TPSA) is 274 Å². The van der Waals surface area contributed by atoms with E-state index in [0.29, 0.717) is 121 Å². The molecule has 7 atom stereocenters. The van der Waals surface area contributed by atoms with Gasteiger partial charge in [-0.1, -0.05) is 55.5 Å². The molecule has 7 aliphatic rings. The van der Waals surface area contributed by atoms with E-state index in [1.54, 1.807) is 54.3 Å². The molecule has 7 fully saturated rings. The number of carbonyl (C=O) groups is 4. The first kappa shape index (κ1) is 59.1. The number of nitrogens with zero attached hydrogens (tertiary/aromatic N) is 11. The van der Waals surface area contributed by atoms with E-state index in [2.05, 4.69) is 26.6 Å². The van der Waals surface area contributed by atoms with Crippen LogP contribution in [0.4, 0.5) is 25.5 Å². The summed E-state index contributed by atoms with van der Waals surface area (Å²) in [5.41, 5.74) is 6.99. The maximum Gasteiger partial charge on any atom is 0.414 e. The second kappa shape index (κ2) is 24.4. The normalized spacial score (nSPS) is 22.7. The number of piperazine rings is 1. The number of nitrogens with one attached hydrogen (secondary N) is 1. The molecule has 25 heteroatoms. The number of fused-ring (bicyclic) bond motifs is 4. The van der Waals surface area contributed by atoms with Crippen LogP contribution in [0.5, 0.6) is 11.8 Å². The molecule has 9 heterocycles. The fourth-order valence-electron chi connectivity index (χ4n) is 14.1. The number of hydrogen-bond acceptors (Lipinski definition) is 17. The first-order valence-corrected chi connectivity index (χ1v) is 31.4. The van der Waals surface area contributed by atoms with Gasteiger partial charge in [-0.15, -0.1) is 5.10 Å². The van der Waals surface area contributed by atoms with Gasteiger partial charge in [0.25, 0.3) is 0 Å². The van der Waals surface area contributed by atoms with Crippen LogP contribution in [0.25, 0.3) is 44.2 Å². The predicted molar refractivity (Wildman–Crippen MR) is 325 cm³/mol. The number of aromatic nitrogens is 7. The number of halogens is 1. The zero-order valence-electron chi connectivity index (χ0n) is 50.4. The number of ether oxygens (including phenoxy) is 5. The van der Waals surface area contributed by atoms with Gasteiger partial charge >= 0.3 is 18.2 Å². The Balaban J connectivity index is 0.776. The average molecular weight is 1230 g/mol. The Kier molecular flexibility index (Phi) is 16.0. The van der Waals surface area contributed by atoms with Crippen LogP contribution in [0.3, 0.4) is 0 Å². The van der Waals surface area contributed by atoms with Crippen molar-refractivity contribution >= 4 is 57.3 Å². The molecular weight excluding hydrogens is 1160 g/mol. The number of rotatable bonds is 18. The van der Waals surface area contributed by atoms with Crippen LogP contribution >= 0.6 is 0 Å². The zero-order valence-corrected chi connectivity index (χ0v) is 50.4. The van der Waals surface area contributed by atoms with Crippen molar-refractivity contribution in [1.82, 2.24) is 49.9 Å². The lowest BCUT2D eigenvalue weighted by Gasteiger charge is -2.34. The number of β-amino-alcohol motifs (C(OH)–C–C–N with tert-alkyl or cyclic N) is 1. The minimum Gasteiger partial charge on any atom is -0.486 e. The number of hydrogen-bond donors (Lipinski definition) is 4. The first-order valence-electron chi connectivity index (χ1n) is 31.4. The number of anilines is 2. The van der Waals surface area contributed by atoms with Crippen LogP contribution in [0.1, 0.15) is 118 Å². The highest BCUT2D eigenvalue weighted by atomic mass is 19.1. The molecule has 4 N–H and O–H groups in total. The molecule has 0 radical (unpaired) electrons. The maximum absolute atomic E-state index is 16.9. The molecule has 6 aliphatic heterocycles. The minimum absolute atomic E-state index is 0.00966. The van der Waals surface area contributed by atoms with E-state index in [1.807, 2.05) is 38.1 Å². The third-order valence-electron chi connectivity index (χ3n) is 19.0. The number of carboxylic acid groups (broad SMARTS) is 1. The SMILES string of the molecule is Cc1c(F)cc2c(cnn2C2CCCCO2)c1-c1c(C2CC2)cc2c(N3C[C@@H]4C[C@H]3CN4C(=O)O)nc(OC3CCOCC3)nc2c1OCc1ccc(-c2cn([C@H](C(=O)N3C[C@H](O)C[C@H]3C(=O)N[C@@H](CO)c3ccc(N4CCOC4=O)cc3)C(C)C)nn2)cc1. The molecule has 6 saturated heterocycles. The van der Waals surface area contributed by atoms with Crippen LogP contribution < -0.4 is 24.6 Å². The fraction of sp³-hybridized carbons (Fsp3) is 0.492. The number of amides is 4. The molecule has 1 saturated carbocycles. The van der Waals surface area contributed by atoms with Gasteiger partial charge in [-0.3, -0.25) is 14.5 Å². The van der Waals surface area contributed by atoms with E-state index in [0.717, 1.165) is 54.0 Å². The quantitative estimate of drug-likeness (QED) is 0.0634. The first-order chi connectivity index (χ1) is 43.7. The molecule has 4 aromatic carbocycles. The second-order valence-corrected chi connectivity index (χ2v) is 25.2. The van der Waals surface area contributed by atoms with Gasteiger partial charge in [0.2, 0.25) is 11.8 Å². The summed E-state index contributed by atoms with van der Waals surface area (Å²) in [7, 11) is 0. The highest BCUT2D eigenvalue weighted by molar-refractivity contribution is 6.06. The minimum atomic E-state index is -1.04. The van der Waals surface area contributed by atoms with E-state index in [4.69, 9.17) is 38.8 Å². The van der Waals surface area contributed by atoms with E-state index < -0.39 is 60.7 Å². The smallest absolute Gasteiger partial charge is 0.414 e. The van der Waals surface area contributed by atoms with E-state index in [1.165, 1.54) is 19.4 Å². The Morgan fingerprint density at radius 2 is 1.68 bits per heavy atom. The molecule has 1 unspecified atom stereocenters. The summed E-state index contributed by atoms with van der Waals surface area (Å²) in [5.74, 6) is -0.521. The van der Waals surface area contributed by atoms with Crippen molar-refractivity contribution in [2.75, 3.05) is 69.0 Å². The lowest BCUT2D eigenvalue weighted by atomic mass is 9.88. The van der Waals surface area contributed by atoms with Crippen molar-refractivity contribution in [3.8, 4) is 34.1 Å². The monoisotopic (exact) mass is 1230 g/mol. The summed E-state index contributed by atoms with van der Waals surface area (Å²) < 4.78 is 51.1. The number of aliphatic hydroxyl groups is 2. The molecule has 1 aliphatic carbocycles.